The molecule has 4 rings (SSSR count). The number of rotatable bonds is 3. The summed E-state index contributed by atoms with van der Waals surface area (Å²) in [5.74, 6) is 0.621. The van der Waals surface area contributed by atoms with Crippen molar-refractivity contribution in [2.45, 2.75) is 19.5 Å². The van der Waals surface area contributed by atoms with Gasteiger partial charge in [0.2, 0.25) is 0 Å². The van der Waals surface area contributed by atoms with Gasteiger partial charge in [0.05, 0.1) is 12.5 Å². The van der Waals surface area contributed by atoms with Crippen LogP contribution in [0.1, 0.15) is 12.5 Å². The van der Waals surface area contributed by atoms with Crippen LogP contribution in [-0.2, 0) is 13.6 Å². The highest BCUT2D eigenvalue weighted by atomic mass is 19.1. The van der Waals surface area contributed by atoms with Crippen molar-refractivity contribution in [3.05, 3.63) is 42.5 Å². The van der Waals surface area contributed by atoms with Crippen LogP contribution in [0.3, 0.4) is 0 Å². The third-order valence-electron chi connectivity index (χ3n) is 4.77. The Labute approximate surface area is 145 Å². The Bertz CT molecular complexity index is 894. The van der Waals surface area contributed by atoms with Crippen LogP contribution in [0.2, 0.25) is 0 Å². The largest absolute Gasteiger partial charge is 0.352 e. The maximum absolute atomic E-state index is 13.9. The minimum Gasteiger partial charge on any atom is -0.352 e. The number of aromatic nitrogens is 5. The van der Waals surface area contributed by atoms with E-state index in [0.717, 1.165) is 36.6 Å². The van der Waals surface area contributed by atoms with Crippen LogP contribution in [0.25, 0.3) is 11.2 Å². The second-order valence-corrected chi connectivity index (χ2v) is 6.46. The molecule has 3 aromatic heterocycles. The number of aryl methyl sites for hydroxylation is 1. The maximum Gasteiger partial charge on any atom is 0.165 e. The number of nitrogens with zero attached hydrogens (tertiary/aromatic N) is 7. The fraction of sp³-hybridized carbons (Fsp3) is 0.412. The van der Waals surface area contributed by atoms with Gasteiger partial charge < -0.3 is 9.47 Å². The summed E-state index contributed by atoms with van der Waals surface area (Å²) >= 11 is 0. The zero-order valence-electron chi connectivity index (χ0n) is 14.3. The topological polar surface area (TPSA) is 63.0 Å². The van der Waals surface area contributed by atoms with E-state index in [1.807, 2.05) is 11.6 Å². The molecule has 0 bridgehead atoms. The molecule has 8 heteroatoms. The molecule has 0 spiro atoms. The molecule has 1 aliphatic rings. The van der Waals surface area contributed by atoms with Gasteiger partial charge in [0.1, 0.15) is 12.1 Å². The van der Waals surface area contributed by atoms with Crippen LogP contribution in [0.15, 0.2) is 31.1 Å². The number of piperazine rings is 1. The van der Waals surface area contributed by atoms with Gasteiger partial charge in [0.25, 0.3) is 0 Å². The zero-order valence-corrected chi connectivity index (χ0v) is 14.3. The van der Waals surface area contributed by atoms with Crippen molar-refractivity contribution < 1.29 is 4.39 Å². The first kappa shape index (κ1) is 15.9. The molecule has 130 valence electrons. The maximum atomic E-state index is 13.9. The average molecular weight is 341 g/mol. The van der Waals surface area contributed by atoms with Gasteiger partial charge >= 0.3 is 0 Å². The molecule has 0 N–H and O–H groups in total. The first-order valence-corrected chi connectivity index (χ1v) is 8.33. The summed E-state index contributed by atoms with van der Waals surface area (Å²) in [5, 5.41) is 0. The van der Waals surface area contributed by atoms with Gasteiger partial charge in [-0.25, -0.2) is 19.3 Å². The van der Waals surface area contributed by atoms with Crippen molar-refractivity contribution in [1.82, 2.24) is 29.4 Å². The summed E-state index contributed by atoms with van der Waals surface area (Å²) in [6.07, 6.45) is 6.25. The van der Waals surface area contributed by atoms with Crippen molar-refractivity contribution in [3.63, 3.8) is 0 Å². The molecular formula is C17H20FN7. The molecule has 3 aromatic rings. The molecule has 25 heavy (non-hydrogen) atoms. The summed E-state index contributed by atoms with van der Waals surface area (Å²) in [6.45, 7) is 5.21. The number of hydrogen-bond donors (Lipinski definition) is 0. The van der Waals surface area contributed by atoms with Crippen LogP contribution in [0.5, 0.6) is 0 Å². The molecule has 7 nitrogen and oxygen atoms in total. The number of fused-ring (bicyclic) bond motifs is 1. The second-order valence-electron chi connectivity index (χ2n) is 6.46. The minimum absolute atomic E-state index is 0.247. The Balaban J connectivity index is 1.52. The fourth-order valence-corrected chi connectivity index (χ4v) is 3.34. The third kappa shape index (κ3) is 2.93. The predicted octanol–water partition coefficient (Wildman–Crippen LogP) is 1.61. The van der Waals surface area contributed by atoms with Crippen LogP contribution < -0.4 is 4.90 Å². The molecule has 0 saturated carbocycles. The quantitative estimate of drug-likeness (QED) is 0.721. The molecular weight excluding hydrogens is 321 g/mol. The molecule has 0 amide bonds. The van der Waals surface area contributed by atoms with E-state index >= 15 is 0 Å². The van der Waals surface area contributed by atoms with E-state index in [4.69, 9.17) is 0 Å². The number of hydrogen-bond acceptors (Lipinski definition) is 6. The lowest BCUT2D eigenvalue weighted by molar-refractivity contribution is 0.178. The summed E-state index contributed by atoms with van der Waals surface area (Å²) < 4.78 is 15.8. The highest BCUT2D eigenvalue weighted by Crippen LogP contribution is 2.24. The van der Waals surface area contributed by atoms with E-state index in [1.54, 1.807) is 24.9 Å². The van der Waals surface area contributed by atoms with Gasteiger partial charge in [0, 0.05) is 51.0 Å². The van der Waals surface area contributed by atoms with E-state index in [1.165, 1.54) is 6.20 Å². The minimum atomic E-state index is -0.247. The number of imidazole rings is 1. The van der Waals surface area contributed by atoms with Crippen LogP contribution >= 0.6 is 0 Å². The number of halogens is 1. The molecule has 0 radical (unpaired) electrons. The smallest absolute Gasteiger partial charge is 0.165 e. The predicted molar refractivity (Wildman–Crippen MR) is 92.6 cm³/mol. The van der Waals surface area contributed by atoms with Crippen molar-refractivity contribution in [1.29, 1.82) is 0 Å². The Morgan fingerprint density at radius 2 is 2.12 bits per heavy atom. The Kier molecular flexibility index (Phi) is 4.04. The molecule has 0 aliphatic carbocycles. The van der Waals surface area contributed by atoms with Crippen molar-refractivity contribution in [3.8, 4) is 0 Å². The van der Waals surface area contributed by atoms with E-state index in [-0.39, 0.29) is 11.9 Å². The van der Waals surface area contributed by atoms with Gasteiger partial charge in [-0.15, -0.1) is 0 Å². The Hall–Kier alpha value is -2.61. The molecule has 0 aromatic carbocycles. The monoisotopic (exact) mass is 341 g/mol. The first-order valence-electron chi connectivity index (χ1n) is 8.33. The van der Waals surface area contributed by atoms with E-state index in [0.29, 0.717) is 12.1 Å². The molecule has 1 fully saturated rings. The fourth-order valence-electron chi connectivity index (χ4n) is 3.34. The lowest BCUT2D eigenvalue weighted by Gasteiger charge is -2.40. The summed E-state index contributed by atoms with van der Waals surface area (Å²) in [6, 6.07) is 2.02. The number of pyridine rings is 1. The van der Waals surface area contributed by atoms with Crippen molar-refractivity contribution >= 4 is 17.0 Å². The third-order valence-corrected chi connectivity index (χ3v) is 4.77. The van der Waals surface area contributed by atoms with Crippen LogP contribution in [0, 0.1) is 5.82 Å². The summed E-state index contributed by atoms with van der Waals surface area (Å²) in [4.78, 5) is 21.5. The highest BCUT2D eigenvalue weighted by Gasteiger charge is 2.27. The van der Waals surface area contributed by atoms with E-state index < -0.39 is 0 Å². The lowest BCUT2D eigenvalue weighted by atomic mass is 10.1. The Morgan fingerprint density at radius 1 is 1.24 bits per heavy atom. The van der Waals surface area contributed by atoms with Crippen LogP contribution in [-0.4, -0.2) is 55.1 Å². The highest BCUT2D eigenvalue weighted by molar-refractivity contribution is 5.83. The van der Waals surface area contributed by atoms with Gasteiger partial charge in [-0.3, -0.25) is 9.88 Å². The lowest BCUT2D eigenvalue weighted by Crippen LogP contribution is -2.51. The molecule has 1 atom stereocenters. The normalized spacial score (nSPS) is 18.8. The van der Waals surface area contributed by atoms with Gasteiger partial charge in [0.15, 0.2) is 17.0 Å². The molecule has 1 aliphatic heterocycles. The second kappa shape index (κ2) is 6.36. The van der Waals surface area contributed by atoms with Crippen molar-refractivity contribution in [2.24, 2.45) is 7.05 Å². The summed E-state index contributed by atoms with van der Waals surface area (Å²) in [5.41, 5.74) is 2.34. The molecule has 1 saturated heterocycles. The van der Waals surface area contributed by atoms with E-state index in [9.17, 15) is 4.39 Å². The van der Waals surface area contributed by atoms with Gasteiger partial charge in [-0.05, 0) is 13.0 Å². The standard InChI is InChI=1S/C17H20FN7/c1-12-8-25(17-15-16(20-10-21-17)23(2)11-22-15)6-5-24(12)9-13-3-4-19-7-14(13)18/h3-4,7,10-12H,5-6,8-9H2,1-2H3. The molecule has 4 heterocycles. The average Bonchev–Trinajstić information content (AvgIpc) is 3.00. The SMILES string of the molecule is CC1CN(c2ncnc3c2ncn3C)CCN1Cc1ccncc1F. The van der Waals surface area contributed by atoms with Crippen LogP contribution in [0.4, 0.5) is 10.2 Å². The number of anilines is 1. The molecule has 1 unspecified atom stereocenters. The zero-order chi connectivity index (χ0) is 17.4. The van der Waals surface area contributed by atoms with Crippen molar-refractivity contribution in [2.75, 3.05) is 24.5 Å². The van der Waals surface area contributed by atoms with Gasteiger partial charge in [-0.2, -0.15) is 0 Å². The van der Waals surface area contributed by atoms with Gasteiger partial charge in [-0.1, -0.05) is 0 Å². The summed E-state index contributed by atoms with van der Waals surface area (Å²) in [7, 11) is 1.93. The van der Waals surface area contributed by atoms with E-state index in [2.05, 4.69) is 36.7 Å². The Morgan fingerprint density at radius 3 is 2.92 bits per heavy atom. The first-order chi connectivity index (χ1) is 12.1.